The summed E-state index contributed by atoms with van der Waals surface area (Å²) < 4.78 is 18.4. The Morgan fingerprint density at radius 1 is 1.50 bits per heavy atom. The Bertz CT molecular complexity index is 449. The number of carbonyl (C=O) groups excluding carboxylic acids is 1. The smallest absolute Gasteiger partial charge is 0.170 e. The molecule has 5 heteroatoms. The summed E-state index contributed by atoms with van der Waals surface area (Å²) in [6.07, 6.45) is 0. The van der Waals surface area contributed by atoms with Gasteiger partial charge in [-0.1, -0.05) is 18.5 Å². The lowest BCUT2D eigenvalue weighted by Crippen LogP contribution is -2.26. The zero-order chi connectivity index (χ0) is 13.9. The van der Waals surface area contributed by atoms with Crippen LogP contribution in [-0.4, -0.2) is 38.4 Å². The van der Waals surface area contributed by atoms with E-state index >= 15 is 0 Å². The van der Waals surface area contributed by atoms with Crippen LogP contribution in [0.5, 0.6) is 5.75 Å². The first kappa shape index (κ1) is 14.9. The van der Waals surface area contributed by atoms with E-state index in [-0.39, 0.29) is 28.0 Å². The molecule has 0 aliphatic carbocycles. The fourth-order valence-corrected chi connectivity index (χ4v) is 2.13. The Morgan fingerprint density at radius 3 is 2.61 bits per heavy atom. The second-order valence-electron chi connectivity index (χ2n) is 4.50. The molecule has 0 amide bonds. The lowest BCUT2D eigenvalue weighted by molar-refractivity contribution is 0.0906. The van der Waals surface area contributed by atoms with E-state index in [9.17, 15) is 9.18 Å². The van der Waals surface area contributed by atoms with Crippen molar-refractivity contribution in [1.82, 2.24) is 4.90 Å². The topological polar surface area (TPSA) is 29.5 Å². The van der Waals surface area contributed by atoms with E-state index in [0.717, 1.165) is 6.07 Å². The number of nitrogens with zero attached hydrogens (tertiary/aromatic N) is 1. The van der Waals surface area contributed by atoms with Crippen LogP contribution < -0.4 is 4.74 Å². The van der Waals surface area contributed by atoms with Crippen molar-refractivity contribution in [1.29, 1.82) is 0 Å². The minimum Gasteiger partial charge on any atom is -0.494 e. The first-order valence-corrected chi connectivity index (χ1v) is 5.96. The van der Waals surface area contributed by atoms with Crippen LogP contribution in [0.25, 0.3) is 0 Å². The molecule has 0 fully saturated rings. The summed E-state index contributed by atoms with van der Waals surface area (Å²) in [6, 6.07) is 2.30. The van der Waals surface area contributed by atoms with Gasteiger partial charge in [0.1, 0.15) is 11.6 Å². The summed E-state index contributed by atoms with van der Waals surface area (Å²) in [5, 5.41) is 0.109. The summed E-state index contributed by atoms with van der Waals surface area (Å²) >= 11 is 5.86. The lowest BCUT2D eigenvalue weighted by Gasteiger charge is -2.17. The monoisotopic (exact) mass is 273 g/mol. The Kier molecular flexibility index (Phi) is 5.11. The van der Waals surface area contributed by atoms with Crippen molar-refractivity contribution in [2.45, 2.75) is 6.92 Å². The number of ketones is 1. The van der Waals surface area contributed by atoms with Crippen LogP contribution in [0.15, 0.2) is 12.1 Å². The third kappa shape index (κ3) is 3.43. The number of hydrogen-bond acceptors (Lipinski definition) is 3. The number of carbonyl (C=O) groups is 1. The zero-order valence-corrected chi connectivity index (χ0v) is 11.7. The second-order valence-corrected chi connectivity index (χ2v) is 4.90. The average molecular weight is 274 g/mol. The fraction of sp³-hybridized carbons (Fsp3) is 0.462. The number of Topliss-reactive ketones (excluding diaryl/α,β-unsaturated/α-hetero) is 1. The average Bonchev–Trinajstić information content (AvgIpc) is 2.26. The first-order chi connectivity index (χ1) is 8.36. The highest BCUT2D eigenvalue weighted by Crippen LogP contribution is 2.31. The van der Waals surface area contributed by atoms with E-state index in [1.807, 2.05) is 19.0 Å². The molecule has 100 valence electrons. The number of benzene rings is 1. The molecule has 0 radical (unpaired) electrons. The van der Waals surface area contributed by atoms with Gasteiger partial charge in [0.15, 0.2) is 5.78 Å². The van der Waals surface area contributed by atoms with E-state index in [2.05, 4.69) is 0 Å². The van der Waals surface area contributed by atoms with Gasteiger partial charge in [0.25, 0.3) is 0 Å². The minimum absolute atomic E-state index is 0.109. The quantitative estimate of drug-likeness (QED) is 0.773. The number of hydrogen-bond donors (Lipinski definition) is 0. The standard InChI is InChI=1S/C13H17ClFNO2/c1-8(7-16(2)3)12(17)10-5-9(15)6-11(14)13(10)18-4/h5-6,8H,7H2,1-4H3. The normalized spacial score (nSPS) is 12.6. The van der Waals surface area contributed by atoms with Gasteiger partial charge in [-0.15, -0.1) is 0 Å². The molecular formula is C13H17ClFNO2. The number of rotatable bonds is 5. The summed E-state index contributed by atoms with van der Waals surface area (Å²) in [6.45, 7) is 2.37. The van der Waals surface area contributed by atoms with Crippen LogP contribution in [0.1, 0.15) is 17.3 Å². The highest BCUT2D eigenvalue weighted by molar-refractivity contribution is 6.32. The number of methoxy groups -OCH3 is 1. The zero-order valence-electron chi connectivity index (χ0n) is 11.0. The van der Waals surface area contributed by atoms with Crippen LogP contribution in [0.4, 0.5) is 4.39 Å². The molecule has 0 aliphatic heterocycles. The molecule has 1 rings (SSSR count). The van der Waals surface area contributed by atoms with Gasteiger partial charge in [0.05, 0.1) is 17.7 Å². The summed E-state index contributed by atoms with van der Waals surface area (Å²) in [5.74, 6) is -0.747. The summed E-state index contributed by atoms with van der Waals surface area (Å²) in [7, 11) is 5.16. The molecule has 3 nitrogen and oxygen atoms in total. The molecule has 1 atom stereocenters. The van der Waals surface area contributed by atoms with Crippen LogP contribution in [0.2, 0.25) is 5.02 Å². The Morgan fingerprint density at radius 2 is 2.11 bits per heavy atom. The maximum absolute atomic E-state index is 13.3. The van der Waals surface area contributed by atoms with Crippen LogP contribution >= 0.6 is 11.6 Å². The molecule has 1 unspecified atom stereocenters. The molecule has 0 saturated carbocycles. The lowest BCUT2D eigenvalue weighted by atomic mass is 9.98. The maximum atomic E-state index is 13.3. The van der Waals surface area contributed by atoms with Crippen molar-refractivity contribution in [3.05, 3.63) is 28.5 Å². The molecule has 0 aliphatic rings. The molecule has 0 bridgehead atoms. The van der Waals surface area contributed by atoms with Gasteiger partial charge in [-0.2, -0.15) is 0 Å². The van der Waals surface area contributed by atoms with Crippen molar-refractivity contribution in [3.8, 4) is 5.75 Å². The third-order valence-electron chi connectivity index (χ3n) is 2.56. The van der Waals surface area contributed by atoms with E-state index in [0.29, 0.717) is 6.54 Å². The number of halogens is 2. The summed E-state index contributed by atoms with van der Waals surface area (Å²) in [5.41, 5.74) is 0.192. The van der Waals surface area contributed by atoms with E-state index in [1.54, 1.807) is 6.92 Å². The Balaban J connectivity index is 3.12. The highest BCUT2D eigenvalue weighted by atomic mass is 35.5. The molecule has 0 spiro atoms. The molecule has 1 aromatic carbocycles. The van der Waals surface area contributed by atoms with Gasteiger partial charge in [0, 0.05) is 12.5 Å². The van der Waals surface area contributed by atoms with E-state index in [1.165, 1.54) is 13.2 Å². The van der Waals surface area contributed by atoms with E-state index < -0.39 is 5.82 Å². The largest absolute Gasteiger partial charge is 0.494 e. The van der Waals surface area contributed by atoms with Crippen molar-refractivity contribution >= 4 is 17.4 Å². The highest BCUT2D eigenvalue weighted by Gasteiger charge is 2.22. The molecule has 0 aromatic heterocycles. The molecular weight excluding hydrogens is 257 g/mol. The third-order valence-corrected chi connectivity index (χ3v) is 2.85. The molecule has 0 saturated heterocycles. The van der Waals surface area contributed by atoms with Crippen LogP contribution in [0, 0.1) is 11.7 Å². The van der Waals surface area contributed by atoms with Gasteiger partial charge >= 0.3 is 0 Å². The minimum atomic E-state index is -0.541. The first-order valence-electron chi connectivity index (χ1n) is 5.58. The molecule has 0 heterocycles. The van der Waals surface area contributed by atoms with Crippen molar-refractivity contribution in [3.63, 3.8) is 0 Å². The van der Waals surface area contributed by atoms with Gasteiger partial charge < -0.3 is 9.64 Å². The van der Waals surface area contributed by atoms with Gasteiger partial charge in [-0.3, -0.25) is 4.79 Å². The fourth-order valence-electron chi connectivity index (χ4n) is 1.85. The van der Waals surface area contributed by atoms with Gasteiger partial charge in [-0.05, 0) is 26.2 Å². The number of ether oxygens (including phenoxy) is 1. The van der Waals surface area contributed by atoms with Gasteiger partial charge in [0.2, 0.25) is 0 Å². The van der Waals surface area contributed by atoms with Crippen molar-refractivity contribution < 1.29 is 13.9 Å². The predicted molar refractivity (Wildman–Crippen MR) is 70.0 cm³/mol. The predicted octanol–water partition coefficient (Wildman–Crippen LogP) is 2.87. The van der Waals surface area contributed by atoms with Crippen molar-refractivity contribution in [2.24, 2.45) is 5.92 Å². The van der Waals surface area contributed by atoms with Crippen molar-refractivity contribution in [2.75, 3.05) is 27.7 Å². The van der Waals surface area contributed by atoms with Gasteiger partial charge in [-0.25, -0.2) is 4.39 Å². The molecule has 18 heavy (non-hydrogen) atoms. The Hall–Kier alpha value is -1.13. The van der Waals surface area contributed by atoms with Crippen LogP contribution in [0.3, 0.4) is 0 Å². The van der Waals surface area contributed by atoms with Crippen LogP contribution in [-0.2, 0) is 0 Å². The maximum Gasteiger partial charge on any atom is 0.170 e. The SMILES string of the molecule is COc1c(Cl)cc(F)cc1C(=O)C(C)CN(C)C. The molecule has 0 N–H and O–H groups in total. The molecule has 1 aromatic rings. The summed E-state index contributed by atoms with van der Waals surface area (Å²) in [4.78, 5) is 14.1. The Labute approximate surface area is 111 Å². The van der Waals surface area contributed by atoms with E-state index in [4.69, 9.17) is 16.3 Å². The second kappa shape index (κ2) is 6.16.